The monoisotopic (exact) mass is 246 g/mol. The van der Waals surface area contributed by atoms with Gasteiger partial charge in [0.15, 0.2) is 0 Å². The van der Waals surface area contributed by atoms with Gasteiger partial charge in [-0.05, 0) is 20.3 Å². The van der Waals surface area contributed by atoms with Crippen LogP contribution < -0.4 is 0 Å². The Morgan fingerprint density at radius 3 is 2.62 bits per heavy atom. The molecule has 0 saturated carbocycles. The van der Waals surface area contributed by atoms with Gasteiger partial charge in [0.2, 0.25) is 11.8 Å². The molecule has 0 radical (unpaired) electrons. The Balaban J connectivity index is 2.73. The van der Waals surface area contributed by atoms with Gasteiger partial charge in [-0.3, -0.25) is 9.59 Å². The van der Waals surface area contributed by atoms with Gasteiger partial charge in [-0.15, -0.1) is 11.6 Å². The quantitative estimate of drug-likeness (QED) is 0.681. The van der Waals surface area contributed by atoms with Gasteiger partial charge in [-0.2, -0.15) is 0 Å². The molecule has 0 aromatic carbocycles. The lowest BCUT2D eigenvalue weighted by Gasteiger charge is -2.29. The topological polar surface area (TPSA) is 40.6 Å². The predicted molar refractivity (Wildman–Crippen MR) is 63.3 cm³/mol. The predicted octanol–water partition coefficient (Wildman–Crippen LogP) is 0.942. The third-order valence-corrected chi connectivity index (χ3v) is 3.54. The molecule has 92 valence electrons. The van der Waals surface area contributed by atoms with Crippen molar-refractivity contribution in [3.05, 3.63) is 0 Å². The summed E-state index contributed by atoms with van der Waals surface area (Å²) in [4.78, 5) is 27.1. The van der Waals surface area contributed by atoms with E-state index in [1.165, 1.54) is 0 Å². The first-order valence-corrected chi connectivity index (χ1v) is 6.01. The largest absolute Gasteiger partial charge is 0.344 e. The van der Waals surface area contributed by atoms with Crippen molar-refractivity contribution in [2.45, 2.75) is 20.3 Å². The Kier molecular flexibility index (Phi) is 4.19. The summed E-state index contributed by atoms with van der Waals surface area (Å²) >= 11 is 5.77. The third-order valence-electron chi connectivity index (χ3n) is 2.87. The summed E-state index contributed by atoms with van der Waals surface area (Å²) in [6.07, 6.45) is 0.826. The molecule has 0 spiro atoms. The maximum Gasteiger partial charge on any atom is 0.241 e. The van der Waals surface area contributed by atoms with Crippen LogP contribution in [-0.2, 0) is 9.59 Å². The number of rotatable bonds is 2. The lowest BCUT2D eigenvalue weighted by Crippen LogP contribution is -2.45. The van der Waals surface area contributed by atoms with Crippen molar-refractivity contribution in [3.8, 4) is 0 Å². The molecule has 2 amide bonds. The molecule has 1 aliphatic rings. The highest BCUT2D eigenvalue weighted by molar-refractivity contribution is 6.19. The van der Waals surface area contributed by atoms with Crippen LogP contribution in [0.3, 0.4) is 0 Å². The van der Waals surface area contributed by atoms with Crippen LogP contribution in [0.2, 0.25) is 0 Å². The number of halogens is 1. The number of amides is 2. The molecule has 0 aromatic rings. The average Bonchev–Trinajstić information content (AvgIpc) is 2.41. The van der Waals surface area contributed by atoms with E-state index in [1.54, 1.807) is 30.7 Å². The molecule has 0 N–H and O–H groups in total. The first-order valence-electron chi connectivity index (χ1n) is 5.48. The van der Waals surface area contributed by atoms with E-state index < -0.39 is 5.41 Å². The molecule has 0 aromatic heterocycles. The highest BCUT2D eigenvalue weighted by atomic mass is 35.5. The SMILES string of the molecule is CN1CCCN(C(=O)C(C)(C)CCl)CC1=O. The number of likely N-dealkylation sites (N-methyl/N-ethyl adjacent to an activating group) is 1. The molecule has 1 fully saturated rings. The minimum atomic E-state index is -0.593. The molecule has 1 saturated heterocycles. The van der Waals surface area contributed by atoms with Crippen molar-refractivity contribution in [1.82, 2.24) is 9.80 Å². The highest BCUT2D eigenvalue weighted by Crippen LogP contribution is 2.21. The van der Waals surface area contributed by atoms with Gasteiger partial charge in [-0.1, -0.05) is 0 Å². The maximum absolute atomic E-state index is 12.1. The molecule has 1 aliphatic heterocycles. The third kappa shape index (κ3) is 2.88. The Morgan fingerprint density at radius 2 is 2.06 bits per heavy atom. The molecule has 0 bridgehead atoms. The molecule has 1 heterocycles. The van der Waals surface area contributed by atoms with Crippen LogP contribution in [0.15, 0.2) is 0 Å². The highest BCUT2D eigenvalue weighted by Gasteiger charge is 2.33. The van der Waals surface area contributed by atoms with Crippen LogP contribution in [0.1, 0.15) is 20.3 Å². The summed E-state index contributed by atoms with van der Waals surface area (Å²) in [5.74, 6) is 0.231. The van der Waals surface area contributed by atoms with E-state index >= 15 is 0 Å². The number of hydrogen-bond acceptors (Lipinski definition) is 2. The van der Waals surface area contributed by atoms with Crippen LogP contribution in [0, 0.1) is 5.41 Å². The fourth-order valence-electron chi connectivity index (χ4n) is 1.65. The lowest BCUT2D eigenvalue weighted by atomic mass is 9.94. The van der Waals surface area contributed by atoms with Crippen molar-refractivity contribution in [2.24, 2.45) is 5.41 Å². The second kappa shape index (κ2) is 5.04. The van der Waals surface area contributed by atoms with E-state index in [9.17, 15) is 9.59 Å². The lowest BCUT2D eigenvalue weighted by molar-refractivity contribution is -0.143. The van der Waals surface area contributed by atoms with Crippen LogP contribution in [-0.4, -0.2) is 54.2 Å². The fourth-order valence-corrected chi connectivity index (χ4v) is 1.76. The van der Waals surface area contributed by atoms with Gasteiger partial charge in [0, 0.05) is 26.0 Å². The molecule has 4 nitrogen and oxygen atoms in total. The molecule has 0 atom stereocenters. The van der Waals surface area contributed by atoms with E-state index in [-0.39, 0.29) is 24.2 Å². The van der Waals surface area contributed by atoms with Gasteiger partial charge in [-0.25, -0.2) is 0 Å². The second-order valence-electron chi connectivity index (χ2n) is 4.91. The zero-order chi connectivity index (χ0) is 12.3. The van der Waals surface area contributed by atoms with Crippen LogP contribution in [0.25, 0.3) is 0 Å². The molecule has 1 rings (SSSR count). The van der Waals surface area contributed by atoms with Crippen LogP contribution in [0.4, 0.5) is 0 Å². The summed E-state index contributed by atoms with van der Waals surface area (Å²) in [6.45, 7) is 5.14. The van der Waals surface area contributed by atoms with Gasteiger partial charge in [0.25, 0.3) is 0 Å². The smallest absolute Gasteiger partial charge is 0.241 e. The minimum absolute atomic E-state index is 0.00350. The van der Waals surface area contributed by atoms with Crippen molar-refractivity contribution < 1.29 is 9.59 Å². The minimum Gasteiger partial charge on any atom is -0.344 e. The molecule has 0 aliphatic carbocycles. The zero-order valence-electron chi connectivity index (χ0n) is 10.1. The van der Waals surface area contributed by atoms with Gasteiger partial charge in [0.1, 0.15) is 0 Å². The van der Waals surface area contributed by atoms with Crippen molar-refractivity contribution in [1.29, 1.82) is 0 Å². The van der Waals surface area contributed by atoms with Crippen molar-refractivity contribution in [2.75, 3.05) is 32.6 Å². The first-order chi connectivity index (χ1) is 7.38. The number of alkyl halides is 1. The standard InChI is InChI=1S/C11H19ClN2O2/c1-11(2,8-12)10(16)14-6-4-5-13(3)9(15)7-14/h4-8H2,1-3H3. The van der Waals surface area contributed by atoms with Crippen molar-refractivity contribution in [3.63, 3.8) is 0 Å². The van der Waals surface area contributed by atoms with Crippen LogP contribution in [0.5, 0.6) is 0 Å². The van der Waals surface area contributed by atoms with E-state index in [4.69, 9.17) is 11.6 Å². The number of hydrogen-bond donors (Lipinski definition) is 0. The Bertz CT molecular complexity index is 292. The van der Waals surface area contributed by atoms with Gasteiger partial charge in [0.05, 0.1) is 12.0 Å². The van der Waals surface area contributed by atoms with Gasteiger partial charge >= 0.3 is 0 Å². The Hall–Kier alpha value is -0.770. The fraction of sp³-hybridized carbons (Fsp3) is 0.818. The summed E-state index contributed by atoms with van der Waals surface area (Å²) in [5.41, 5.74) is -0.593. The normalized spacial score (nSPS) is 18.6. The maximum atomic E-state index is 12.1. The molecular weight excluding hydrogens is 228 g/mol. The van der Waals surface area contributed by atoms with E-state index in [1.807, 2.05) is 0 Å². The van der Waals surface area contributed by atoms with E-state index in [0.717, 1.165) is 6.42 Å². The Labute approximate surface area is 102 Å². The Morgan fingerprint density at radius 1 is 1.44 bits per heavy atom. The van der Waals surface area contributed by atoms with E-state index in [0.29, 0.717) is 13.1 Å². The molecule has 16 heavy (non-hydrogen) atoms. The summed E-state index contributed by atoms with van der Waals surface area (Å²) in [5, 5.41) is 0. The molecule has 0 unspecified atom stereocenters. The van der Waals surface area contributed by atoms with Crippen LogP contribution >= 0.6 is 11.6 Å². The second-order valence-corrected chi connectivity index (χ2v) is 5.18. The van der Waals surface area contributed by atoms with Crippen molar-refractivity contribution >= 4 is 23.4 Å². The summed E-state index contributed by atoms with van der Waals surface area (Å²) < 4.78 is 0. The van der Waals surface area contributed by atoms with Gasteiger partial charge < -0.3 is 9.80 Å². The van der Waals surface area contributed by atoms with E-state index in [2.05, 4.69) is 0 Å². The first kappa shape index (κ1) is 13.3. The molecule has 5 heteroatoms. The average molecular weight is 247 g/mol. The number of carbonyl (C=O) groups is 2. The number of carbonyl (C=O) groups excluding carboxylic acids is 2. The molecular formula is C11H19ClN2O2. The number of nitrogens with zero attached hydrogens (tertiary/aromatic N) is 2. The summed E-state index contributed by atoms with van der Waals surface area (Å²) in [7, 11) is 1.77. The zero-order valence-corrected chi connectivity index (χ0v) is 10.9. The summed E-state index contributed by atoms with van der Waals surface area (Å²) in [6, 6.07) is 0.